The van der Waals surface area contributed by atoms with Gasteiger partial charge in [0.1, 0.15) is 0 Å². The van der Waals surface area contributed by atoms with Gasteiger partial charge in [-0.15, -0.1) is 0 Å². The van der Waals surface area contributed by atoms with Crippen LogP contribution in [0.5, 0.6) is 0 Å². The predicted molar refractivity (Wildman–Crippen MR) is 300 cm³/mol. The number of hydrogen-bond donors (Lipinski definition) is 0. The molecule has 1 heterocycles. The van der Waals surface area contributed by atoms with Gasteiger partial charge < -0.3 is 9.47 Å². The molecule has 2 nitrogen and oxygen atoms in total. The number of benzene rings is 11. The van der Waals surface area contributed by atoms with Gasteiger partial charge in [-0.2, -0.15) is 0 Å². The molecule has 0 aliphatic heterocycles. The van der Waals surface area contributed by atoms with E-state index in [1.54, 1.807) is 0 Å². The zero-order valence-electron chi connectivity index (χ0n) is 40.1. The highest BCUT2D eigenvalue weighted by Gasteiger charge is 2.50. The number of aromatic nitrogens is 1. The maximum atomic E-state index is 2.54. The molecule has 3 aliphatic carbocycles. The Kier molecular flexibility index (Phi) is 8.66. The lowest BCUT2D eigenvalue weighted by atomic mass is 9.66. The first-order valence-electron chi connectivity index (χ1n) is 25.3. The van der Waals surface area contributed by atoms with Crippen LogP contribution in [-0.4, -0.2) is 4.57 Å². The first-order chi connectivity index (χ1) is 35.5. The fourth-order valence-corrected chi connectivity index (χ4v) is 13.3. The lowest BCUT2D eigenvalue weighted by Gasteiger charge is -2.36. The van der Waals surface area contributed by atoms with E-state index in [0.717, 1.165) is 17.1 Å². The Morgan fingerprint density at radius 1 is 0.319 bits per heavy atom. The van der Waals surface area contributed by atoms with Gasteiger partial charge in [-0.3, -0.25) is 0 Å². The number of rotatable bonds is 5. The van der Waals surface area contributed by atoms with Gasteiger partial charge in [0, 0.05) is 38.8 Å². The highest BCUT2D eigenvalue weighted by Crippen LogP contribution is 2.64. The van der Waals surface area contributed by atoms with E-state index < -0.39 is 5.41 Å². The van der Waals surface area contributed by atoms with Gasteiger partial charge in [0.15, 0.2) is 0 Å². The van der Waals surface area contributed by atoms with Crippen molar-refractivity contribution in [2.24, 2.45) is 0 Å². The number of hydrogen-bond acceptors (Lipinski definition) is 1. The summed E-state index contributed by atoms with van der Waals surface area (Å²) in [6, 6.07) is 95.5. The summed E-state index contributed by atoms with van der Waals surface area (Å²) >= 11 is 0. The molecule has 1 spiro atoms. The van der Waals surface area contributed by atoms with Crippen molar-refractivity contribution in [1.82, 2.24) is 4.57 Å². The highest BCUT2D eigenvalue weighted by atomic mass is 15.1. The standard InChI is InChI=1S/C70H48N2/c1-69(2)59-28-13-8-25-54(59)55-41-40-49(44-64(55)69)71(48-38-35-45(36-39-48)46-37-42-66-58(43-46)56-26-12-17-33-65(56)72(66)47-19-4-3-5-20-47)67-34-18-32-63-68(67)57-27-11-16-31-62(57)70(63)60-29-14-9-23-52(60)50-21-6-7-22-51(50)53-24-10-15-30-61(53)70/h3-44H,1-2H3. The van der Waals surface area contributed by atoms with Gasteiger partial charge >= 0.3 is 0 Å². The first kappa shape index (κ1) is 40.9. The number of anilines is 3. The van der Waals surface area contributed by atoms with Crippen molar-refractivity contribution in [2.75, 3.05) is 4.90 Å². The van der Waals surface area contributed by atoms with Crippen molar-refractivity contribution in [3.05, 3.63) is 288 Å². The Balaban J connectivity index is 0.957. The number of nitrogens with zero attached hydrogens (tertiary/aromatic N) is 2. The topological polar surface area (TPSA) is 8.17 Å². The van der Waals surface area contributed by atoms with Crippen LogP contribution in [0.1, 0.15) is 47.2 Å². The van der Waals surface area contributed by atoms with E-state index in [0.29, 0.717) is 0 Å². The van der Waals surface area contributed by atoms with Crippen LogP contribution in [0.3, 0.4) is 0 Å². The molecule has 0 saturated heterocycles. The van der Waals surface area contributed by atoms with Crippen LogP contribution in [0.4, 0.5) is 17.1 Å². The molecule has 2 heteroatoms. The predicted octanol–water partition coefficient (Wildman–Crippen LogP) is 18.2. The van der Waals surface area contributed by atoms with Gasteiger partial charge in [-0.25, -0.2) is 0 Å². The second-order valence-corrected chi connectivity index (χ2v) is 20.3. The molecule has 0 unspecified atom stereocenters. The van der Waals surface area contributed by atoms with E-state index in [2.05, 4.69) is 278 Å². The second-order valence-electron chi connectivity index (χ2n) is 20.3. The van der Waals surface area contributed by atoms with Crippen molar-refractivity contribution in [3.63, 3.8) is 0 Å². The Labute approximate surface area is 420 Å². The summed E-state index contributed by atoms with van der Waals surface area (Å²) in [6.45, 7) is 4.77. The van der Waals surface area contributed by atoms with Crippen molar-refractivity contribution < 1.29 is 0 Å². The average Bonchev–Trinajstić information content (AvgIpc) is 4.00. The lowest BCUT2D eigenvalue weighted by Crippen LogP contribution is -2.29. The third-order valence-corrected chi connectivity index (χ3v) is 16.4. The molecule has 0 amide bonds. The van der Waals surface area contributed by atoms with Crippen LogP contribution in [0.15, 0.2) is 255 Å². The maximum absolute atomic E-state index is 2.54. The van der Waals surface area contributed by atoms with Crippen molar-refractivity contribution in [3.8, 4) is 61.3 Å². The molecular formula is C70H48N2. The van der Waals surface area contributed by atoms with Crippen molar-refractivity contribution >= 4 is 38.9 Å². The summed E-state index contributed by atoms with van der Waals surface area (Å²) in [6.07, 6.45) is 0. The molecule has 1 aromatic heterocycles. The zero-order valence-corrected chi connectivity index (χ0v) is 40.1. The minimum absolute atomic E-state index is 0.169. The molecule has 11 aromatic carbocycles. The third-order valence-electron chi connectivity index (χ3n) is 16.4. The van der Waals surface area contributed by atoms with Crippen LogP contribution in [0.2, 0.25) is 0 Å². The van der Waals surface area contributed by atoms with Gasteiger partial charge in [-0.1, -0.05) is 208 Å². The monoisotopic (exact) mass is 916 g/mol. The van der Waals surface area contributed by atoms with Crippen LogP contribution < -0.4 is 4.90 Å². The van der Waals surface area contributed by atoms with Crippen molar-refractivity contribution in [2.45, 2.75) is 24.7 Å². The SMILES string of the molecule is CC1(C)c2ccccc2-c2ccc(N(c3ccc(-c4ccc5c(c4)c4ccccc4n5-c4ccccc4)cc3)c3cccc4c3-c3ccccc3C43c4ccccc4-c4ccccc4-c4ccccc43)cc21. The fraction of sp³-hybridized carbons (Fsp3) is 0.0571. The summed E-state index contributed by atoms with van der Waals surface area (Å²) in [7, 11) is 0. The molecule has 0 saturated carbocycles. The molecule has 12 aromatic rings. The smallest absolute Gasteiger partial charge is 0.0726 e. The molecular weight excluding hydrogens is 869 g/mol. The lowest BCUT2D eigenvalue weighted by molar-refractivity contribution is 0.660. The highest BCUT2D eigenvalue weighted by molar-refractivity contribution is 6.10. The molecule has 3 aliphatic rings. The van der Waals surface area contributed by atoms with Gasteiger partial charge in [0.25, 0.3) is 0 Å². The quantitative estimate of drug-likeness (QED) is 0.167. The Morgan fingerprint density at radius 2 is 0.819 bits per heavy atom. The van der Waals surface area contributed by atoms with Gasteiger partial charge in [-0.05, 0) is 144 Å². The minimum Gasteiger partial charge on any atom is -0.310 e. The fourth-order valence-electron chi connectivity index (χ4n) is 13.3. The van der Waals surface area contributed by atoms with E-state index in [-0.39, 0.29) is 5.41 Å². The summed E-state index contributed by atoms with van der Waals surface area (Å²) in [5.74, 6) is 0. The summed E-state index contributed by atoms with van der Waals surface area (Å²) in [5, 5.41) is 2.50. The Bertz CT molecular complexity index is 4120. The summed E-state index contributed by atoms with van der Waals surface area (Å²) in [4.78, 5) is 2.54. The largest absolute Gasteiger partial charge is 0.310 e. The van der Waals surface area contributed by atoms with Crippen LogP contribution >= 0.6 is 0 Å². The van der Waals surface area contributed by atoms with E-state index in [1.807, 2.05) is 0 Å². The van der Waals surface area contributed by atoms with E-state index in [9.17, 15) is 0 Å². The minimum atomic E-state index is -0.590. The molecule has 0 bridgehead atoms. The van der Waals surface area contributed by atoms with Crippen LogP contribution in [-0.2, 0) is 10.8 Å². The number of fused-ring (bicyclic) bond motifs is 18. The Hall–Kier alpha value is -8.98. The molecule has 338 valence electrons. The van der Waals surface area contributed by atoms with Crippen molar-refractivity contribution in [1.29, 1.82) is 0 Å². The maximum Gasteiger partial charge on any atom is 0.0726 e. The van der Waals surface area contributed by atoms with E-state index in [4.69, 9.17) is 0 Å². The molecule has 0 N–H and O–H groups in total. The molecule has 15 rings (SSSR count). The summed E-state index contributed by atoms with van der Waals surface area (Å²) < 4.78 is 2.39. The van der Waals surface area contributed by atoms with E-state index >= 15 is 0 Å². The van der Waals surface area contributed by atoms with E-state index in [1.165, 1.54) is 117 Å². The molecule has 0 atom stereocenters. The second kappa shape index (κ2) is 15.3. The first-order valence-corrected chi connectivity index (χ1v) is 25.3. The summed E-state index contributed by atoms with van der Waals surface area (Å²) in [5.41, 5.74) is 26.8. The van der Waals surface area contributed by atoms with Gasteiger partial charge in [0.2, 0.25) is 0 Å². The molecule has 0 fully saturated rings. The molecule has 72 heavy (non-hydrogen) atoms. The molecule has 0 radical (unpaired) electrons. The number of para-hydroxylation sites is 2. The Morgan fingerprint density at radius 3 is 1.51 bits per heavy atom. The third kappa shape index (κ3) is 5.55. The van der Waals surface area contributed by atoms with Gasteiger partial charge in [0.05, 0.1) is 22.1 Å². The zero-order chi connectivity index (χ0) is 47.7. The van der Waals surface area contributed by atoms with Crippen LogP contribution in [0, 0.1) is 0 Å². The van der Waals surface area contributed by atoms with Crippen LogP contribution in [0.25, 0.3) is 83.1 Å². The average molecular weight is 917 g/mol. The normalized spacial score (nSPS) is 13.9.